The highest BCUT2D eigenvalue weighted by Gasteiger charge is 2.35. The molecule has 5 nitrogen and oxygen atoms in total. The van der Waals surface area contributed by atoms with E-state index in [-0.39, 0.29) is 17.3 Å². The molecule has 5 rings (SSSR count). The molecule has 0 radical (unpaired) electrons. The van der Waals surface area contributed by atoms with Gasteiger partial charge in [0.05, 0.1) is 23.6 Å². The molecule has 0 saturated carbocycles. The first-order valence-corrected chi connectivity index (χ1v) is 10.9. The van der Waals surface area contributed by atoms with E-state index in [1.165, 1.54) is 17.2 Å². The summed E-state index contributed by atoms with van der Waals surface area (Å²) in [4.78, 5) is 19.7. The van der Waals surface area contributed by atoms with Gasteiger partial charge in [-0.15, -0.1) is 0 Å². The fourth-order valence-corrected chi connectivity index (χ4v) is 4.83. The SMILES string of the molecule is O=c1c2ccccc2nc(C2CCCN2CCc2ccc3c(c2)CCO3)n1CC(F)(F)F. The van der Waals surface area contributed by atoms with Gasteiger partial charge in [-0.3, -0.25) is 14.3 Å². The standard InChI is InChI=1S/C24H24F3N3O2/c25-24(26,27)15-30-22(28-19-5-2-1-4-18(19)23(30)31)20-6-3-11-29(20)12-9-16-7-8-21-17(14-16)10-13-32-21/h1-2,4-5,7-8,14,20H,3,6,9-13,15H2. The second-order valence-electron chi connectivity index (χ2n) is 8.48. The van der Waals surface area contributed by atoms with Crippen molar-refractivity contribution in [3.05, 3.63) is 69.8 Å². The summed E-state index contributed by atoms with van der Waals surface area (Å²) in [5, 5.41) is 0.213. The maximum atomic E-state index is 13.4. The number of halogens is 3. The molecule has 2 aliphatic rings. The van der Waals surface area contributed by atoms with Crippen molar-refractivity contribution in [2.45, 2.75) is 44.4 Å². The van der Waals surface area contributed by atoms with Crippen LogP contribution in [0.1, 0.15) is 35.8 Å². The highest BCUT2D eigenvalue weighted by molar-refractivity contribution is 5.77. The average molecular weight is 443 g/mol. The van der Waals surface area contributed by atoms with Gasteiger partial charge in [-0.05, 0) is 55.1 Å². The molecule has 3 aromatic rings. The van der Waals surface area contributed by atoms with Crippen molar-refractivity contribution in [3.63, 3.8) is 0 Å². The van der Waals surface area contributed by atoms with E-state index in [9.17, 15) is 18.0 Å². The molecule has 1 fully saturated rings. The molecule has 8 heteroatoms. The molecule has 0 bridgehead atoms. The lowest BCUT2D eigenvalue weighted by atomic mass is 10.1. The Morgan fingerprint density at radius 3 is 2.84 bits per heavy atom. The van der Waals surface area contributed by atoms with E-state index in [1.54, 1.807) is 18.2 Å². The molecule has 3 heterocycles. The molecule has 168 valence electrons. The fourth-order valence-electron chi connectivity index (χ4n) is 4.83. The number of para-hydroxylation sites is 1. The van der Waals surface area contributed by atoms with Crippen molar-refractivity contribution in [2.24, 2.45) is 0 Å². The predicted molar refractivity (Wildman–Crippen MR) is 115 cm³/mol. The summed E-state index contributed by atoms with van der Waals surface area (Å²) >= 11 is 0. The molecule has 0 spiro atoms. The number of fused-ring (bicyclic) bond motifs is 2. The quantitative estimate of drug-likeness (QED) is 0.591. The van der Waals surface area contributed by atoms with Gasteiger partial charge in [-0.25, -0.2) is 4.98 Å². The minimum atomic E-state index is -4.50. The fraction of sp³-hybridized carbons (Fsp3) is 0.417. The highest BCUT2D eigenvalue weighted by Crippen LogP contribution is 2.33. The highest BCUT2D eigenvalue weighted by atomic mass is 19.4. The number of likely N-dealkylation sites (tertiary alicyclic amines) is 1. The number of hydrogen-bond donors (Lipinski definition) is 0. The summed E-state index contributed by atoms with van der Waals surface area (Å²) in [5.74, 6) is 1.15. The predicted octanol–water partition coefficient (Wildman–Crippen LogP) is 4.27. The zero-order valence-corrected chi connectivity index (χ0v) is 17.6. The Labute approximate surface area is 183 Å². The van der Waals surface area contributed by atoms with Crippen LogP contribution in [0.5, 0.6) is 5.75 Å². The first-order chi connectivity index (χ1) is 15.4. The van der Waals surface area contributed by atoms with Crippen LogP contribution in [0.25, 0.3) is 10.9 Å². The number of aromatic nitrogens is 2. The summed E-state index contributed by atoms with van der Waals surface area (Å²) < 4.78 is 46.5. The van der Waals surface area contributed by atoms with Crippen LogP contribution in [0.15, 0.2) is 47.3 Å². The molecule has 1 saturated heterocycles. The lowest BCUT2D eigenvalue weighted by molar-refractivity contribution is -0.142. The van der Waals surface area contributed by atoms with E-state index in [0.717, 1.165) is 36.1 Å². The van der Waals surface area contributed by atoms with Gasteiger partial charge in [0.1, 0.15) is 18.1 Å². The van der Waals surface area contributed by atoms with Gasteiger partial charge in [0.2, 0.25) is 0 Å². The minimum absolute atomic E-state index is 0.213. The van der Waals surface area contributed by atoms with Crippen molar-refractivity contribution in [3.8, 4) is 5.75 Å². The first kappa shape index (κ1) is 21.0. The minimum Gasteiger partial charge on any atom is -0.493 e. The molecule has 1 atom stereocenters. The molecular weight excluding hydrogens is 419 g/mol. The number of rotatable bonds is 5. The largest absolute Gasteiger partial charge is 0.493 e. The maximum absolute atomic E-state index is 13.4. The lowest BCUT2D eigenvalue weighted by Crippen LogP contribution is -2.36. The van der Waals surface area contributed by atoms with Gasteiger partial charge in [-0.1, -0.05) is 24.3 Å². The summed E-state index contributed by atoms with van der Waals surface area (Å²) in [6.07, 6.45) is -1.28. The molecule has 32 heavy (non-hydrogen) atoms. The first-order valence-electron chi connectivity index (χ1n) is 10.9. The van der Waals surface area contributed by atoms with Crippen molar-refractivity contribution in [1.82, 2.24) is 14.5 Å². The van der Waals surface area contributed by atoms with E-state index in [4.69, 9.17) is 4.74 Å². The Balaban J connectivity index is 1.45. The van der Waals surface area contributed by atoms with E-state index in [1.807, 2.05) is 12.1 Å². The van der Waals surface area contributed by atoms with Crippen LogP contribution >= 0.6 is 0 Å². The Morgan fingerprint density at radius 1 is 1.16 bits per heavy atom. The maximum Gasteiger partial charge on any atom is 0.406 e. The smallest absolute Gasteiger partial charge is 0.406 e. The Hall–Kier alpha value is -2.87. The van der Waals surface area contributed by atoms with Gasteiger partial charge in [0.25, 0.3) is 5.56 Å². The number of ether oxygens (including phenoxy) is 1. The van der Waals surface area contributed by atoms with Gasteiger partial charge >= 0.3 is 6.18 Å². The molecule has 2 aliphatic heterocycles. The van der Waals surface area contributed by atoms with Crippen LogP contribution in [0, 0.1) is 0 Å². The number of benzene rings is 2. The van der Waals surface area contributed by atoms with Crippen LogP contribution in [0.4, 0.5) is 13.2 Å². The zero-order valence-electron chi connectivity index (χ0n) is 17.6. The number of alkyl halides is 3. The van der Waals surface area contributed by atoms with E-state index in [2.05, 4.69) is 16.0 Å². The van der Waals surface area contributed by atoms with Crippen molar-refractivity contribution in [2.75, 3.05) is 19.7 Å². The number of hydrogen-bond acceptors (Lipinski definition) is 4. The summed E-state index contributed by atoms with van der Waals surface area (Å²) in [5.41, 5.74) is 2.19. The molecule has 0 aliphatic carbocycles. The van der Waals surface area contributed by atoms with Crippen molar-refractivity contribution >= 4 is 10.9 Å². The normalized spacial score (nSPS) is 18.8. The molecule has 0 N–H and O–H groups in total. The van der Waals surface area contributed by atoms with Crippen LogP contribution in [-0.4, -0.2) is 40.3 Å². The third kappa shape index (κ3) is 4.11. The Morgan fingerprint density at radius 2 is 2.00 bits per heavy atom. The average Bonchev–Trinajstić information content (AvgIpc) is 3.42. The Kier molecular flexibility index (Phi) is 5.41. The molecule has 2 aromatic carbocycles. The third-order valence-electron chi connectivity index (χ3n) is 6.33. The number of nitrogens with zero attached hydrogens (tertiary/aromatic N) is 3. The van der Waals surface area contributed by atoms with Gasteiger partial charge in [-0.2, -0.15) is 13.2 Å². The van der Waals surface area contributed by atoms with Crippen molar-refractivity contribution < 1.29 is 17.9 Å². The zero-order chi connectivity index (χ0) is 22.3. The van der Waals surface area contributed by atoms with Crippen LogP contribution in [-0.2, 0) is 19.4 Å². The second kappa shape index (κ2) is 8.24. The van der Waals surface area contributed by atoms with E-state index < -0.39 is 18.3 Å². The van der Waals surface area contributed by atoms with Crippen molar-refractivity contribution in [1.29, 1.82) is 0 Å². The monoisotopic (exact) mass is 443 g/mol. The van der Waals surface area contributed by atoms with Gasteiger partial charge in [0, 0.05) is 13.0 Å². The lowest BCUT2D eigenvalue weighted by Gasteiger charge is -2.27. The van der Waals surface area contributed by atoms with Crippen LogP contribution in [0.3, 0.4) is 0 Å². The summed E-state index contributed by atoms with van der Waals surface area (Å²) in [6.45, 7) is 0.845. The topological polar surface area (TPSA) is 47.4 Å². The molecule has 1 unspecified atom stereocenters. The molecular formula is C24H24F3N3O2. The molecule has 1 aromatic heterocycles. The third-order valence-corrected chi connectivity index (χ3v) is 6.33. The van der Waals surface area contributed by atoms with Gasteiger partial charge < -0.3 is 4.74 Å². The Bertz CT molecular complexity index is 1210. The van der Waals surface area contributed by atoms with E-state index >= 15 is 0 Å². The van der Waals surface area contributed by atoms with Gasteiger partial charge in [0.15, 0.2) is 0 Å². The van der Waals surface area contributed by atoms with Crippen LogP contribution < -0.4 is 10.3 Å². The second-order valence-corrected chi connectivity index (χ2v) is 8.48. The van der Waals surface area contributed by atoms with E-state index in [0.29, 0.717) is 25.1 Å². The summed E-state index contributed by atoms with van der Waals surface area (Å²) in [7, 11) is 0. The van der Waals surface area contributed by atoms with Crippen LogP contribution in [0.2, 0.25) is 0 Å². The molecule has 0 amide bonds. The summed E-state index contributed by atoms with van der Waals surface area (Å²) in [6, 6.07) is 12.5.